The van der Waals surface area contributed by atoms with Crippen molar-refractivity contribution in [3.8, 4) is 17.1 Å². The number of ether oxygens (including phenoxy) is 1. The highest BCUT2D eigenvalue weighted by atomic mass is 19.1. The van der Waals surface area contributed by atoms with Crippen molar-refractivity contribution in [1.82, 2.24) is 20.0 Å². The summed E-state index contributed by atoms with van der Waals surface area (Å²) in [5.74, 6) is -0.115. The van der Waals surface area contributed by atoms with Crippen molar-refractivity contribution in [2.45, 2.75) is 31.8 Å². The summed E-state index contributed by atoms with van der Waals surface area (Å²) >= 11 is 0. The number of nitrogens with zero attached hydrogens (tertiary/aromatic N) is 4. The lowest BCUT2D eigenvalue weighted by Crippen LogP contribution is -2.14. The zero-order valence-electron chi connectivity index (χ0n) is 16.7. The second-order valence-corrected chi connectivity index (χ2v) is 7.48. The lowest BCUT2D eigenvalue weighted by atomic mass is 10.2. The Balaban J connectivity index is 1.37. The summed E-state index contributed by atoms with van der Waals surface area (Å²) < 4.78 is 26.0. The normalized spacial score (nSPS) is 14.4. The van der Waals surface area contributed by atoms with Gasteiger partial charge in [0.25, 0.3) is 5.89 Å². The van der Waals surface area contributed by atoms with Crippen molar-refractivity contribution >= 4 is 5.97 Å². The topological polar surface area (TPSA) is 83.0 Å². The summed E-state index contributed by atoms with van der Waals surface area (Å²) in [4.78, 5) is 13.0. The number of para-hydroxylation sites is 1. The minimum Gasteiger partial charge on any atom is -0.448 e. The van der Waals surface area contributed by atoms with Crippen molar-refractivity contribution < 1.29 is 18.3 Å². The molecule has 8 heteroatoms. The van der Waals surface area contributed by atoms with Crippen LogP contribution >= 0.6 is 0 Å². The summed E-state index contributed by atoms with van der Waals surface area (Å²) in [5, 5.41) is 12.6. The molecule has 1 aliphatic carbocycles. The number of esters is 1. The Kier molecular flexibility index (Phi) is 4.82. The van der Waals surface area contributed by atoms with E-state index in [2.05, 4.69) is 15.3 Å². The minimum absolute atomic E-state index is 0.154. The Morgan fingerprint density at radius 2 is 1.87 bits per heavy atom. The predicted octanol–water partition coefficient (Wildman–Crippen LogP) is 4.86. The maximum Gasteiger partial charge on any atom is 0.357 e. The Labute approximate surface area is 177 Å². The van der Waals surface area contributed by atoms with E-state index in [9.17, 15) is 9.18 Å². The van der Waals surface area contributed by atoms with Crippen LogP contribution in [0.15, 0.2) is 65.1 Å². The second-order valence-electron chi connectivity index (χ2n) is 7.48. The SMILES string of the molecule is C[C@@H](OC(=O)c1cc(C2CC2)nn1-c1ccccc1)c1nnc(-c2ccc(F)cc2)o1. The second kappa shape index (κ2) is 7.79. The Bertz CT molecular complexity index is 1210. The molecule has 0 bridgehead atoms. The number of carbonyl (C=O) groups is 1. The van der Waals surface area contributed by atoms with E-state index < -0.39 is 12.1 Å². The number of rotatable bonds is 6. The van der Waals surface area contributed by atoms with E-state index in [-0.39, 0.29) is 17.6 Å². The Hall–Kier alpha value is -3.81. The molecule has 2 heterocycles. The molecule has 5 rings (SSSR count). The third kappa shape index (κ3) is 3.96. The first-order chi connectivity index (χ1) is 15.1. The quantitative estimate of drug-likeness (QED) is 0.416. The Morgan fingerprint density at radius 1 is 1.13 bits per heavy atom. The van der Waals surface area contributed by atoms with Crippen molar-refractivity contribution in [2.24, 2.45) is 0 Å². The highest BCUT2D eigenvalue weighted by Crippen LogP contribution is 2.40. The van der Waals surface area contributed by atoms with Gasteiger partial charge in [-0.15, -0.1) is 10.2 Å². The molecule has 0 saturated heterocycles. The van der Waals surface area contributed by atoms with E-state index >= 15 is 0 Å². The molecule has 156 valence electrons. The van der Waals surface area contributed by atoms with Gasteiger partial charge in [-0.1, -0.05) is 18.2 Å². The van der Waals surface area contributed by atoms with Gasteiger partial charge in [-0.2, -0.15) is 5.10 Å². The van der Waals surface area contributed by atoms with Crippen LogP contribution in [0.2, 0.25) is 0 Å². The molecule has 0 unspecified atom stereocenters. The van der Waals surface area contributed by atoms with Gasteiger partial charge in [0.15, 0.2) is 11.8 Å². The van der Waals surface area contributed by atoms with Crippen molar-refractivity contribution in [1.29, 1.82) is 0 Å². The van der Waals surface area contributed by atoms with Crippen LogP contribution in [0.3, 0.4) is 0 Å². The van der Waals surface area contributed by atoms with Crippen LogP contribution in [0, 0.1) is 5.82 Å². The first kappa shape index (κ1) is 19.2. The fraction of sp³-hybridized carbons (Fsp3) is 0.217. The molecule has 0 radical (unpaired) electrons. The summed E-state index contributed by atoms with van der Waals surface area (Å²) in [5.41, 5.74) is 2.60. The highest BCUT2D eigenvalue weighted by molar-refractivity contribution is 5.88. The maximum absolute atomic E-state index is 13.1. The monoisotopic (exact) mass is 418 g/mol. The molecule has 0 amide bonds. The average molecular weight is 418 g/mol. The standard InChI is InChI=1S/C23H19FN4O3/c1-14(21-25-26-22(31-21)16-9-11-17(24)12-10-16)30-23(29)20-13-19(15-7-8-15)27-28(20)18-5-3-2-4-6-18/h2-6,9-15H,7-8H2,1H3/t14-/m1/s1. The molecular formula is C23H19FN4O3. The molecular weight excluding hydrogens is 399 g/mol. The van der Waals surface area contributed by atoms with Gasteiger partial charge in [0.1, 0.15) is 5.82 Å². The first-order valence-electron chi connectivity index (χ1n) is 10.0. The van der Waals surface area contributed by atoms with E-state index in [1.165, 1.54) is 12.1 Å². The van der Waals surface area contributed by atoms with E-state index in [0.717, 1.165) is 24.2 Å². The number of carbonyl (C=O) groups excluding carboxylic acids is 1. The van der Waals surface area contributed by atoms with Gasteiger partial charge in [0.05, 0.1) is 11.4 Å². The zero-order valence-corrected chi connectivity index (χ0v) is 16.7. The van der Waals surface area contributed by atoms with Crippen molar-refractivity contribution in [2.75, 3.05) is 0 Å². The van der Waals surface area contributed by atoms with Crippen LogP contribution in [0.1, 0.15) is 53.9 Å². The number of benzene rings is 2. The number of halogens is 1. The number of hydrogen-bond acceptors (Lipinski definition) is 6. The van der Waals surface area contributed by atoms with Gasteiger partial charge in [0.2, 0.25) is 5.89 Å². The lowest BCUT2D eigenvalue weighted by molar-refractivity contribution is 0.0269. The van der Waals surface area contributed by atoms with E-state index in [1.54, 1.807) is 29.8 Å². The van der Waals surface area contributed by atoms with Gasteiger partial charge in [0, 0.05) is 11.5 Å². The number of hydrogen-bond donors (Lipinski definition) is 0. The largest absolute Gasteiger partial charge is 0.448 e. The van der Waals surface area contributed by atoms with Gasteiger partial charge in [-0.05, 0) is 62.2 Å². The molecule has 2 aromatic heterocycles. The van der Waals surface area contributed by atoms with Crippen LogP contribution in [-0.2, 0) is 4.74 Å². The smallest absolute Gasteiger partial charge is 0.357 e. The van der Waals surface area contributed by atoms with E-state index in [4.69, 9.17) is 9.15 Å². The number of aromatic nitrogens is 4. The molecule has 7 nitrogen and oxygen atoms in total. The highest BCUT2D eigenvalue weighted by Gasteiger charge is 2.30. The maximum atomic E-state index is 13.1. The van der Waals surface area contributed by atoms with Crippen molar-refractivity contribution in [3.05, 3.63) is 83.8 Å². The van der Waals surface area contributed by atoms with Crippen LogP contribution in [-0.4, -0.2) is 25.9 Å². The summed E-state index contributed by atoms with van der Waals surface area (Å²) in [6.07, 6.45) is 1.38. The summed E-state index contributed by atoms with van der Waals surface area (Å²) in [6.45, 7) is 1.66. The average Bonchev–Trinajstić information content (AvgIpc) is 3.34. The summed E-state index contributed by atoms with van der Waals surface area (Å²) in [7, 11) is 0. The van der Waals surface area contributed by atoms with Crippen molar-refractivity contribution in [3.63, 3.8) is 0 Å². The molecule has 1 fully saturated rings. The first-order valence-corrected chi connectivity index (χ1v) is 10.0. The molecule has 0 aliphatic heterocycles. The third-order valence-corrected chi connectivity index (χ3v) is 5.10. The molecule has 1 aliphatic rings. The zero-order chi connectivity index (χ0) is 21.4. The van der Waals surface area contributed by atoms with Crippen LogP contribution in [0.4, 0.5) is 4.39 Å². The molecule has 1 saturated carbocycles. The predicted molar refractivity (Wildman–Crippen MR) is 109 cm³/mol. The molecule has 4 aromatic rings. The van der Waals surface area contributed by atoms with Gasteiger partial charge in [-0.3, -0.25) is 0 Å². The fourth-order valence-electron chi connectivity index (χ4n) is 3.27. The Morgan fingerprint density at radius 3 is 2.58 bits per heavy atom. The van der Waals surface area contributed by atoms with Crippen LogP contribution in [0.25, 0.3) is 17.1 Å². The third-order valence-electron chi connectivity index (χ3n) is 5.10. The van der Waals surface area contributed by atoms with Gasteiger partial charge < -0.3 is 9.15 Å². The van der Waals surface area contributed by atoms with Crippen LogP contribution < -0.4 is 0 Å². The minimum atomic E-state index is -0.766. The molecule has 0 N–H and O–H groups in total. The molecule has 31 heavy (non-hydrogen) atoms. The van der Waals surface area contributed by atoms with E-state index in [0.29, 0.717) is 17.2 Å². The van der Waals surface area contributed by atoms with Gasteiger partial charge in [-0.25, -0.2) is 13.9 Å². The molecule has 1 atom stereocenters. The van der Waals surface area contributed by atoms with Gasteiger partial charge >= 0.3 is 5.97 Å². The summed E-state index contributed by atoms with van der Waals surface area (Å²) in [6, 6.07) is 17.0. The molecule has 2 aromatic carbocycles. The van der Waals surface area contributed by atoms with E-state index in [1.807, 2.05) is 30.3 Å². The van der Waals surface area contributed by atoms with Crippen LogP contribution in [0.5, 0.6) is 0 Å². The molecule has 0 spiro atoms. The lowest BCUT2D eigenvalue weighted by Gasteiger charge is -2.11. The fourth-order valence-corrected chi connectivity index (χ4v) is 3.27.